The fraction of sp³-hybridized carbons (Fsp3) is 0. The van der Waals surface area contributed by atoms with Crippen LogP contribution in [-0.4, -0.2) is 43.8 Å². The van der Waals surface area contributed by atoms with Crippen LogP contribution < -0.4 is 27.3 Å². The topological polar surface area (TPSA) is 28.7 Å². The van der Waals surface area contributed by atoms with E-state index in [1.165, 1.54) is 0 Å². The first-order chi connectivity index (χ1) is 18.8. The van der Waals surface area contributed by atoms with Gasteiger partial charge in [0.25, 0.3) is 0 Å². The molecule has 5 aromatic carbocycles. The number of rotatable bonds is 3. The van der Waals surface area contributed by atoms with E-state index in [1.54, 1.807) is 0 Å². The summed E-state index contributed by atoms with van der Waals surface area (Å²) >= 11 is 6.40. The zero-order chi connectivity index (χ0) is 27.4. The van der Waals surface area contributed by atoms with Gasteiger partial charge in [0.1, 0.15) is 39.2 Å². The first-order valence-corrected chi connectivity index (χ1v) is 12.5. The van der Waals surface area contributed by atoms with Gasteiger partial charge in [-0.15, -0.1) is 16.4 Å². The van der Waals surface area contributed by atoms with E-state index in [0.717, 1.165) is 44.2 Å². The Morgan fingerprint density at radius 2 is 1.13 bits per heavy atom. The van der Waals surface area contributed by atoms with Gasteiger partial charge in [0.15, 0.2) is 0 Å². The maximum absolute atomic E-state index is 9.10. The van der Waals surface area contributed by atoms with Crippen molar-refractivity contribution in [3.05, 3.63) is 95.5 Å². The Bertz CT molecular complexity index is 1940. The lowest BCUT2D eigenvalue weighted by atomic mass is 9.59. The van der Waals surface area contributed by atoms with Crippen molar-refractivity contribution >= 4 is 100.0 Å². The van der Waals surface area contributed by atoms with Crippen molar-refractivity contribution in [1.82, 2.24) is 4.57 Å². The number of benzene rings is 5. The molecular weight excluding hydrogens is 490 g/mol. The summed E-state index contributed by atoms with van der Waals surface area (Å²) in [5, 5.41) is 11.8. The number of nitriles is 1. The van der Waals surface area contributed by atoms with E-state index in [4.69, 9.17) is 56.1 Å². The molecule has 2 nitrogen and oxygen atoms in total. The van der Waals surface area contributed by atoms with Crippen LogP contribution in [0.1, 0.15) is 5.56 Å². The fourth-order valence-corrected chi connectivity index (χ4v) is 5.30. The molecule has 0 aliphatic heterocycles. The molecule has 6 rings (SSSR count). The first-order valence-electron chi connectivity index (χ1n) is 12.1. The van der Waals surface area contributed by atoms with Crippen LogP contribution in [0.25, 0.3) is 49.7 Å². The summed E-state index contributed by atoms with van der Waals surface area (Å²) in [6.45, 7) is 0. The third kappa shape index (κ3) is 4.11. The van der Waals surface area contributed by atoms with Crippen molar-refractivity contribution in [3.8, 4) is 34.0 Å². The third-order valence-electron chi connectivity index (χ3n) is 7.19. The van der Waals surface area contributed by atoms with E-state index in [2.05, 4.69) is 34.9 Å². The van der Waals surface area contributed by atoms with E-state index >= 15 is 0 Å². The Morgan fingerprint density at radius 3 is 1.74 bits per heavy atom. The predicted octanol–water partition coefficient (Wildman–Crippen LogP) is 2.61. The molecule has 0 fully saturated rings. The Labute approximate surface area is 238 Å². The summed E-state index contributed by atoms with van der Waals surface area (Å²) in [5.74, 6) is 0. The lowest BCUT2D eigenvalue weighted by Gasteiger charge is -2.21. The third-order valence-corrected chi connectivity index (χ3v) is 7.42. The summed E-state index contributed by atoms with van der Waals surface area (Å²) in [6, 6.07) is 29.8. The van der Waals surface area contributed by atoms with Crippen molar-refractivity contribution in [1.29, 1.82) is 5.26 Å². The second kappa shape index (κ2) is 9.63. The quantitative estimate of drug-likeness (QED) is 0.341. The van der Waals surface area contributed by atoms with Crippen molar-refractivity contribution < 1.29 is 0 Å². The molecule has 0 amide bonds. The minimum Gasteiger partial charge on any atom is -0.309 e. The molecule has 0 N–H and O–H groups in total. The van der Waals surface area contributed by atoms with E-state index in [-0.39, 0.29) is 27.3 Å². The lowest BCUT2D eigenvalue weighted by molar-refractivity contribution is 1.18. The van der Waals surface area contributed by atoms with E-state index in [0.29, 0.717) is 16.1 Å². The molecule has 1 heterocycles. The average molecular weight is 504 g/mol. The van der Waals surface area contributed by atoms with Gasteiger partial charge in [-0.25, -0.2) is 0 Å². The van der Waals surface area contributed by atoms with Crippen LogP contribution in [0.4, 0.5) is 0 Å². The Kier molecular flexibility index (Phi) is 6.25. The van der Waals surface area contributed by atoms with Crippen LogP contribution in [0.2, 0.25) is 5.02 Å². The SMILES string of the molecule is [B]c1c([B])c([B])c(-c2ccc3c4cc(Cl)ccc4n(-c4ccc(-c5ccc(C#N)cc5)cc4)c3c2)c([B])c1[B]. The number of hydrogen-bond acceptors (Lipinski definition) is 1. The second-order valence-corrected chi connectivity index (χ2v) is 9.84. The van der Waals surface area contributed by atoms with Crippen molar-refractivity contribution in [2.75, 3.05) is 0 Å². The van der Waals surface area contributed by atoms with Gasteiger partial charge < -0.3 is 4.57 Å². The second-order valence-electron chi connectivity index (χ2n) is 9.41. The van der Waals surface area contributed by atoms with Gasteiger partial charge in [0.2, 0.25) is 0 Å². The number of hydrogen-bond donors (Lipinski definition) is 0. The van der Waals surface area contributed by atoms with Gasteiger partial charge >= 0.3 is 0 Å². The van der Waals surface area contributed by atoms with Gasteiger partial charge in [-0.3, -0.25) is 0 Å². The highest BCUT2D eigenvalue weighted by molar-refractivity contribution is 6.68. The first kappa shape index (κ1) is 25.3. The van der Waals surface area contributed by atoms with Crippen molar-refractivity contribution in [2.45, 2.75) is 0 Å². The van der Waals surface area contributed by atoms with E-state index in [9.17, 15) is 0 Å². The van der Waals surface area contributed by atoms with Crippen molar-refractivity contribution in [3.63, 3.8) is 0 Å². The average Bonchev–Trinajstić information content (AvgIpc) is 3.28. The van der Waals surface area contributed by atoms with Gasteiger partial charge in [-0.05, 0) is 70.8 Å². The summed E-state index contributed by atoms with van der Waals surface area (Å²) in [6.07, 6.45) is 0. The maximum atomic E-state index is 9.10. The monoisotopic (exact) mass is 504 g/mol. The van der Waals surface area contributed by atoms with Crippen LogP contribution in [-0.2, 0) is 0 Å². The summed E-state index contributed by atoms with van der Waals surface area (Å²) in [4.78, 5) is 0. The van der Waals surface area contributed by atoms with E-state index < -0.39 is 0 Å². The molecule has 0 spiro atoms. The zero-order valence-electron chi connectivity index (χ0n) is 20.7. The molecular formula is C31H14B5ClN2. The van der Waals surface area contributed by atoms with Crippen molar-refractivity contribution in [2.24, 2.45) is 0 Å². The molecule has 0 aliphatic carbocycles. The molecule has 1 aromatic heterocycles. The highest BCUT2D eigenvalue weighted by atomic mass is 35.5. The molecule has 10 radical (unpaired) electrons. The summed E-state index contributed by atoms with van der Waals surface area (Å²) in [5.41, 5.74) is 8.08. The largest absolute Gasteiger partial charge is 0.309 e. The van der Waals surface area contributed by atoms with Gasteiger partial charge in [0.05, 0.1) is 22.7 Å². The summed E-state index contributed by atoms with van der Waals surface area (Å²) in [7, 11) is 31.1. The Balaban J connectivity index is 1.57. The molecule has 0 saturated heterocycles. The molecule has 6 aromatic rings. The maximum Gasteiger partial charge on any atom is 0.113 e. The predicted molar refractivity (Wildman–Crippen MR) is 168 cm³/mol. The summed E-state index contributed by atoms with van der Waals surface area (Å²) < 4.78 is 2.17. The number of fused-ring (bicyclic) bond motifs is 3. The molecule has 0 aliphatic rings. The van der Waals surface area contributed by atoms with Crippen LogP contribution in [0.5, 0.6) is 0 Å². The van der Waals surface area contributed by atoms with E-state index in [1.807, 2.05) is 60.7 Å². The molecule has 170 valence electrons. The van der Waals surface area contributed by atoms with Crippen LogP contribution in [0.15, 0.2) is 84.9 Å². The Morgan fingerprint density at radius 1 is 0.564 bits per heavy atom. The molecule has 0 bridgehead atoms. The van der Waals surface area contributed by atoms with Crippen LogP contribution in [0.3, 0.4) is 0 Å². The molecule has 8 heteroatoms. The molecule has 39 heavy (non-hydrogen) atoms. The molecule has 0 unspecified atom stereocenters. The van der Waals surface area contributed by atoms with Gasteiger partial charge in [0, 0.05) is 21.5 Å². The number of nitrogens with zero attached hydrogens (tertiary/aromatic N) is 2. The minimum atomic E-state index is 0.181. The standard InChI is InChI=1S/C31H14B5ClN2/c32-27-26(28(33)30(35)31(36)29(27)34)19-7-11-22-23-14-20(37)8-12-24(23)39(25(22)13-19)21-9-5-18(6-10-21)17-3-1-16(15-38)2-4-17/h1-14H. The highest BCUT2D eigenvalue weighted by Gasteiger charge is 2.17. The number of halogens is 1. The van der Waals surface area contributed by atoms with Crippen LogP contribution in [0, 0.1) is 11.3 Å². The highest BCUT2D eigenvalue weighted by Crippen LogP contribution is 2.36. The Hall–Kier alpha value is -4.00. The van der Waals surface area contributed by atoms with Crippen LogP contribution >= 0.6 is 11.6 Å². The van der Waals surface area contributed by atoms with Gasteiger partial charge in [-0.1, -0.05) is 58.9 Å². The molecule has 0 atom stereocenters. The smallest absolute Gasteiger partial charge is 0.113 e. The normalized spacial score (nSPS) is 11.2. The molecule has 0 saturated carbocycles. The fourth-order valence-electron chi connectivity index (χ4n) is 5.13. The van der Waals surface area contributed by atoms with Gasteiger partial charge in [-0.2, -0.15) is 5.26 Å². The minimum absolute atomic E-state index is 0.181. The zero-order valence-corrected chi connectivity index (χ0v) is 21.5. The lowest BCUT2D eigenvalue weighted by Crippen LogP contribution is -2.55. The number of aromatic nitrogens is 1.